The second-order valence-electron chi connectivity index (χ2n) is 3.69. The van der Waals surface area contributed by atoms with E-state index in [9.17, 15) is 4.79 Å². The zero-order valence-corrected chi connectivity index (χ0v) is 10.5. The average molecular weight is 227 g/mol. The van der Waals surface area contributed by atoms with E-state index in [1.165, 1.54) is 4.88 Å². The van der Waals surface area contributed by atoms with Crippen LogP contribution in [-0.4, -0.2) is 17.6 Å². The maximum Gasteiger partial charge on any atom is 0.312 e. The summed E-state index contributed by atoms with van der Waals surface area (Å²) >= 11 is 1.58. The van der Waals surface area contributed by atoms with Crippen LogP contribution >= 0.6 is 11.3 Å². The van der Waals surface area contributed by atoms with Gasteiger partial charge in [-0.2, -0.15) is 0 Å². The summed E-state index contributed by atoms with van der Waals surface area (Å²) in [5.41, 5.74) is 1.10. The van der Waals surface area contributed by atoms with Crippen LogP contribution in [0.5, 0.6) is 0 Å². The monoisotopic (exact) mass is 227 g/mol. The first-order chi connectivity index (χ1) is 7.04. The molecule has 1 heterocycles. The lowest BCUT2D eigenvalue weighted by atomic mass is 10.1. The van der Waals surface area contributed by atoms with E-state index in [0.717, 1.165) is 10.7 Å². The van der Waals surface area contributed by atoms with Gasteiger partial charge in [0.2, 0.25) is 0 Å². The van der Waals surface area contributed by atoms with Crippen molar-refractivity contribution in [3.8, 4) is 0 Å². The first-order valence-electron chi connectivity index (χ1n) is 5.16. The van der Waals surface area contributed by atoms with Gasteiger partial charge in [-0.05, 0) is 19.8 Å². The predicted octanol–water partition coefficient (Wildman–Crippen LogP) is 2.68. The van der Waals surface area contributed by atoms with Gasteiger partial charge in [-0.25, -0.2) is 4.98 Å². The van der Waals surface area contributed by atoms with E-state index in [-0.39, 0.29) is 5.97 Å². The molecule has 0 atom stereocenters. The lowest BCUT2D eigenvalue weighted by Crippen LogP contribution is -2.07. The molecular weight excluding hydrogens is 210 g/mol. The van der Waals surface area contributed by atoms with Crippen molar-refractivity contribution in [1.82, 2.24) is 4.98 Å². The van der Waals surface area contributed by atoms with Crippen molar-refractivity contribution in [2.24, 2.45) is 0 Å². The molecule has 0 aliphatic rings. The molecule has 0 aliphatic heterocycles. The number of esters is 1. The fraction of sp³-hybridized carbons (Fsp3) is 0.636. The summed E-state index contributed by atoms with van der Waals surface area (Å²) in [7, 11) is 0. The molecule has 4 heteroatoms. The van der Waals surface area contributed by atoms with Crippen LogP contribution in [-0.2, 0) is 16.0 Å². The SMILES string of the molecule is CCOC(=O)Cc1nc(C(C)C)c(C)s1. The molecule has 0 fully saturated rings. The molecule has 1 rings (SSSR count). The summed E-state index contributed by atoms with van der Waals surface area (Å²) in [5.74, 6) is 0.221. The number of aromatic nitrogens is 1. The van der Waals surface area contributed by atoms with Gasteiger partial charge in [0.05, 0.1) is 18.7 Å². The Bertz CT molecular complexity index is 344. The largest absolute Gasteiger partial charge is 0.466 e. The molecule has 0 spiro atoms. The van der Waals surface area contributed by atoms with Gasteiger partial charge in [0, 0.05) is 4.88 Å². The molecule has 0 unspecified atom stereocenters. The Labute approximate surface area is 94.5 Å². The van der Waals surface area contributed by atoms with Crippen molar-refractivity contribution in [3.05, 3.63) is 15.6 Å². The molecule has 0 N–H and O–H groups in total. The second-order valence-corrected chi connectivity index (χ2v) is 4.97. The van der Waals surface area contributed by atoms with Crippen molar-refractivity contribution in [3.63, 3.8) is 0 Å². The maximum absolute atomic E-state index is 11.2. The minimum Gasteiger partial charge on any atom is -0.466 e. The third-order valence-corrected chi connectivity index (χ3v) is 3.01. The molecule has 0 bridgehead atoms. The minimum absolute atomic E-state index is 0.193. The number of hydrogen-bond donors (Lipinski definition) is 0. The van der Waals surface area contributed by atoms with E-state index < -0.39 is 0 Å². The summed E-state index contributed by atoms with van der Waals surface area (Å²) < 4.78 is 4.88. The molecule has 0 saturated heterocycles. The first-order valence-corrected chi connectivity index (χ1v) is 5.98. The molecule has 0 aromatic carbocycles. The van der Waals surface area contributed by atoms with Gasteiger partial charge in [-0.15, -0.1) is 11.3 Å². The van der Waals surface area contributed by atoms with Crippen LogP contribution in [0.4, 0.5) is 0 Å². The average Bonchev–Trinajstić information content (AvgIpc) is 2.47. The highest BCUT2D eigenvalue weighted by molar-refractivity contribution is 7.11. The van der Waals surface area contributed by atoms with E-state index >= 15 is 0 Å². The number of thiazole rings is 1. The third kappa shape index (κ3) is 3.30. The molecule has 1 aromatic heterocycles. The molecule has 0 radical (unpaired) electrons. The lowest BCUT2D eigenvalue weighted by Gasteiger charge is -2.00. The molecule has 15 heavy (non-hydrogen) atoms. The quantitative estimate of drug-likeness (QED) is 0.742. The van der Waals surface area contributed by atoms with E-state index in [4.69, 9.17) is 4.74 Å². The predicted molar refractivity (Wildman–Crippen MR) is 61.3 cm³/mol. The summed E-state index contributed by atoms with van der Waals surface area (Å²) in [6, 6.07) is 0. The molecule has 84 valence electrons. The van der Waals surface area contributed by atoms with Gasteiger partial charge in [-0.3, -0.25) is 4.79 Å². The Hall–Kier alpha value is -0.900. The molecule has 3 nitrogen and oxygen atoms in total. The Balaban J connectivity index is 2.71. The number of rotatable bonds is 4. The number of ether oxygens (including phenoxy) is 1. The van der Waals surface area contributed by atoms with Crippen LogP contribution in [0.2, 0.25) is 0 Å². The number of carbonyl (C=O) groups excluding carboxylic acids is 1. The fourth-order valence-corrected chi connectivity index (χ4v) is 2.48. The van der Waals surface area contributed by atoms with Crippen LogP contribution in [0.15, 0.2) is 0 Å². The lowest BCUT2D eigenvalue weighted by molar-refractivity contribution is -0.142. The smallest absolute Gasteiger partial charge is 0.312 e. The summed E-state index contributed by atoms with van der Waals surface area (Å²) in [4.78, 5) is 16.9. The molecule has 0 aliphatic carbocycles. The molecular formula is C11H17NO2S. The van der Waals surface area contributed by atoms with Crippen LogP contribution in [0, 0.1) is 6.92 Å². The molecule has 0 saturated carbocycles. The van der Waals surface area contributed by atoms with Gasteiger partial charge < -0.3 is 4.74 Å². The van der Waals surface area contributed by atoms with Crippen molar-refractivity contribution < 1.29 is 9.53 Å². The van der Waals surface area contributed by atoms with E-state index in [1.807, 2.05) is 13.8 Å². The highest BCUT2D eigenvalue weighted by Gasteiger charge is 2.13. The van der Waals surface area contributed by atoms with E-state index in [2.05, 4.69) is 18.8 Å². The summed E-state index contributed by atoms with van der Waals surface area (Å²) in [5, 5.41) is 0.856. The standard InChI is InChI=1S/C11H17NO2S/c1-5-14-10(13)6-9-12-11(7(2)3)8(4)15-9/h7H,5-6H2,1-4H3. The first kappa shape index (κ1) is 12.2. The van der Waals surface area contributed by atoms with Gasteiger partial charge in [-0.1, -0.05) is 13.8 Å². The Morgan fingerprint density at radius 1 is 1.53 bits per heavy atom. The van der Waals surface area contributed by atoms with Gasteiger partial charge in [0.15, 0.2) is 0 Å². The minimum atomic E-state index is -0.193. The number of carbonyl (C=O) groups is 1. The zero-order chi connectivity index (χ0) is 11.4. The van der Waals surface area contributed by atoms with Crippen molar-refractivity contribution in [2.45, 2.75) is 40.0 Å². The highest BCUT2D eigenvalue weighted by atomic mass is 32.1. The fourth-order valence-electron chi connectivity index (χ4n) is 1.41. The van der Waals surface area contributed by atoms with E-state index in [1.54, 1.807) is 11.3 Å². The molecule has 0 amide bonds. The summed E-state index contributed by atoms with van der Waals surface area (Å²) in [6.07, 6.45) is 0.298. The van der Waals surface area contributed by atoms with Crippen LogP contribution in [0.3, 0.4) is 0 Å². The van der Waals surface area contributed by atoms with Crippen molar-refractivity contribution >= 4 is 17.3 Å². The normalized spacial score (nSPS) is 10.7. The van der Waals surface area contributed by atoms with Gasteiger partial charge in [0.1, 0.15) is 5.01 Å². The van der Waals surface area contributed by atoms with Gasteiger partial charge >= 0.3 is 5.97 Å². The molecule has 1 aromatic rings. The van der Waals surface area contributed by atoms with Crippen LogP contribution in [0.25, 0.3) is 0 Å². The van der Waals surface area contributed by atoms with Crippen LogP contribution in [0.1, 0.15) is 42.3 Å². The number of hydrogen-bond acceptors (Lipinski definition) is 4. The third-order valence-electron chi connectivity index (χ3n) is 2.02. The maximum atomic E-state index is 11.2. The van der Waals surface area contributed by atoms with Gasteiger partial charge in [0.25, 0.3) is 0 Å². The Morgan fingerprint density at radius 2 is 2.20 bits per heavy atom. The number of nitrogens with zero attached hydrogens (tertiary/aromatic N) is 1. The number of aryl methyl sites for hydroxylation is 1. The van der Waals surface area contributed by atoms with Crippen molar-refractivity contribution in [1.29, 1.82) is 0 Å². The Kier molecular flexibility index (Phi) is 4.27. The van der Waals surface area contributed by atoms with Crippen LogP contribution < -0.4 is 0 Å². The zero-order valence-electron chi connectivity index (χ0n) is 9.66. The summed E-state index contributed by atoms with van der Waals surface area (Å²) in [6.45, 7) is 8.50. The second kappa shape index (κ2) is 5.26. The van der Waals surface area contributed by atoms with E-state index in [0.29, 0.717) is 18.9 Å². The van der Waals surface area contributed by atoms with Crippen molar-refractivity contribution in [2.75, 3.05) is 6.61 Å². The topological polar surface area (TPSA) is 39.2 Å². The Morgan fingerprint density at radius 3 is 2.67 bits per heavy atom. The highest BCUT2D eigenvalue weighted by Crippen LogP contribution is 2.24.